The normalized spacial score (nSPS) is 10.2. The molecule has 0 bridgehead atoms. The highest BCUT2D eigenvalue weighted by molar-refractivity contribution is 6.32. The SMILES string of the molecule is Bc1ccc(-c2nc(-c3cc#ccc3)nc(-c3ccccc3)n2)cc1. The molecule has 1 heterocycles. The Morgan fingerprint density at radius 3 is 1.80 bits per heavy atom. The van der Waals surface area contributed by atoms with Crippen molar-refractivity contribution in [2.75, 3.05) is 0 Å². The largest absolute Gasteiger partial charge is 0.208 e. The third-order valence-corrected chi connectivity index (χ3v) is 3.89. The molecule has 4 heteroatoms. The molecule has 0 fully saturated rings. The van der Waals surface area contributed by atoms with E-state index in [-0.39, 0.29) is 0 Å². The molecule has 0 amide bonds. The quantitative estimate of drug-likeness (QED) is 0.545. The third kappa shape index (κ3) is 3.27. The molecule has 0 radical (unpaired) electrons. The van der Waals surface area contributed by atoms with Crippen LogP contribution in [0.3, 0.4) is 0 Å². The molecule has 0 spiro atoms. The first-order chi connectivity index (χ1) is 12.3. The Kier molecular flexibility index (Phi) is 3.98. The predicted molar refractivity (Wildman–Crippen MR) is 102 cm³/mol. The molecule has 0 aliphatic carbocycles. The smallest absolute Gasteiger partial charge is 0.164 e. The van der Waals surface area contributed by atoms with E-state index in [1.54, 1.807) is 0 Å². The van der Waals surface area contributed by atoms with Crippen LogP contribution in [-0.2, 0) is 0 Å². The van der Waals surface area contributed by atoms with Gasteiger partial charge < -0.3 is 0 Å². The minimum Gasteiger partial charge on any atom is -0.208 e. The molecule has 4 aromatic rings. The first-order valence-electron chi connectivity index (χ1n) is 8.06. The molecule has 3 aromatic carbocycles. The summed E-state index contributed by atoms with van der Waals surface area (Å²) in [7, 11) is 2.06. The fourth-order valence-corrected chi connectivity index (χ4v) is 2.54. The first kappa shape index (κ1) is 15.1. The van der Waals surface area contributed by atoms with Gasteiger partial charge in [-0.15, -0.1) is 0 Å². The fraction of sp³-hybridized carbons (Fsp3) is 0. The lowest BCUT2D eigenvalue weighted by molar-refractivity contribution is 1.07. The summed E-state index contributed by atoms with van der Waals surface area (Å²) in [5, 5.41) is 0. The van der Waals surface area contributed by atoms with Crippen LogP contribution in [0.2, 0.25) is 0 Å². The van der Waals surface area contributed by atoms with Crippen LogP contribution in [0.25, 0.3) is 34.2 Å². The molecule has 0 aliphatic rings. The van der Waals surface area contributed by atoms with E-state index in [9.17, 15) is 0 Å². The van der Waals surface area contributed by atoms with E-state index in [4.69, 9.17) is 0 Å². The van der Waals surface area contributed by atoms with Crippen molar-refractivity contribution in [3.05, 3.63) is 84.9 Å². The van der Waals surface area contributed by atoms with Gasteiger partial charge in [-0.1, -0.05) is 72.2 Å². The van der Waals surface area contributed by atoms with Crippen molar-refractivity contribution in [3.8, 4) is 34.2 Å². The molecule has 0 saturated heterocycles. The standard InChI is InChI=1S/C21H14BN3/c22-18-13-11-17(12-14-18)21-24-19(15-7-3-1-4-8-15)23-20(25-21)16-9-5-2-6-10-16/h1,3-5,7-14H,22H2. The molecule has 3 nitrogen and oxygen atoms in total. The van der Waals surface area contributed by atoms with Crippen molar-refractivity contribution in [3.63, 3.8) is 0 Å². The molecule has 116 valence electrons. The van der Waals surface area contributed by atoms with Crippen LogP contribution in [0.5, 0.6) is 0 Å². The maximum Gasteiger partial charge on any atom is 0.164 e. The van der Waals surface area contributed by atoms with Crippen LogP contribution in [-0.4, -0.2) is 22.8 Å². The lowest BCUT2D eigenvalue weighted by Crippen LogP contribution is -2.02. The zero-order chi connectivity index (χ0) is 17.1. The minimum atomic E-state index is 0.634. The average molecular weight is 319 g/mol. The van der Waals surface area contributed by atoms with Crippen LogP contribution in [0.15, 0.2) is 72.8 Å². The number of hydrogen-bond acceptors (Lipinski definition) is 3. The van der Waals surface area contributed by atoms with Crippen LogP contribution in [0, 0.1) is 12.1 Å². The van der Waals surface area contributed by atoms with Gasteiger partial charge in [-0.3, -0.25) is 0 Å². The van der Waals surface area contributed by atoms with E-state index >= 15 is 0 Å². The third-order valence-electron chi connectivity index (χ3n) is 3.89. The van der Waals surface area contributed by atoms with E-state index in [1.165, 1.54) is 5.46 Å². The lowest BCUT2D eigenvalue weighted by Gasteiger charge is -2.08. The van der Waals surface area contributed by atoms with E-state index in [2.05, 4.69) is 47.1 Å². The molecular formula is C21H14BN3. The molecule has 0 N–H and O–H groups in total. The first-order valence-corrected chi connectivity index (χ1v) is 8.06. The summed E-state index contributed by atoms with van der Waals surface area (Å²) in [6.07, 6.45) is 0. The van der Waals surface area contributed by atoms with E-state index in [1.807, 2.05) is 60.7 Å². The summed E-state index contributed by atoms with van der Waals surface area (Å²) in [6.45, 7) is 0. The summed E-state index contributed by atoms with van der Waals surface area (Å²) >= 11 is 0. The highest BCUT2D eigenvalue weighted by atomic mass is 15.0. The number of aromatic nitrogens is 3. The van der Waals surface area contributed by atoms with Gasteiger partial charge in [-0.25, -0.2) is 15.0 Å². The van der Waals surface area contributed by atoms with Crippen molar-refractivity contribution in [2.24, 2.45) is 0 Å². The minimum absolute atomic E-state index is 0.634. The maximum absolute atomic E-state index is 4.69. The molecule has 0 aliphatic heterocycles. The Bertz CT molecular complexity index is 927. The second kappa shape index (κ2) is 6.58. The van der Waals surface area contributed by atoms with Gasteiger partial charge in [0.25, 0.3) is 0 Å². The summed E-state index contributed by atoms with van der Waals surface area (Å²) in [4.78, 5) is 14.0. The van der Waals surface area contributed by atoms with E-state index < -0.39 is 0 Å². The summed E-state index contributed by atoms with van der Waals surface area (Å²) < 4.78 is 0. The number of nitrogens with zero attached hydrogens (tertiary/aromatic N) is 3. The monoisotopic (exact) mass is 319 g/mol. The summed E-state index contributed by atoms with van der Waals surface area (Å²) in [5.41, 5.74) is 4.03. The van der Waals surface area contributed by atoms with E-state index in [0.717, 1.165) is 16.7 Å². The second-order valence-corrected chi connectivity index (χ2v) is 5.76. The predicted octanol–water partition coefficient (Wildman–Crippen LogP) is 2.73. The molecule has 0 atom stereocenters. The summed E-state index contributed by atoms with van der Waals surface area (Å²) in [5.74, 6) is 1.96. The Labute approximate surface area is 147 Å². The van der Waals surface area contributed by atoms with Crippen molar-refractivity contribution < 1.29 is 0 Å². The van der Waals surface area contributed by atoms with E-state index in [0.29, 0.717) is 17.5 Å². The molecular weight excluding hydrogens is 305 g/mol. The van der Waals surface area contributed by atoms with Gasteiger partial charge in [0.05, 0.1) is 0 Å². The Morgan fingerprint density at radius 2 is 1.20 bits per heavy atom. The highest BCUT2D eigenvalue weighted by Crippen LogP contribution is 2.23. The second-order valence-electron chi connectivity index (χ2n) is 5.76. The topological polar surface area (TPSA) is 38.7 Å². The molecule has 1 aromatic heterocycles. The van der Waals surface area contributed by atoms with Crippen molar-refractivity contribution in [1.82, 2.24) is 15.0 Å². The van der Waals surface area contributed by atoms with Gasteiger partial charge >= 0.3 is 0 Å². The van der Waals surface area contributed by atoms with Crippen molar-refractivity contribution in [1.29, 1.82) is 0 Å². The van der Waals surface area contributed by atoms with Gasteiger partial charge in [-0.05, 0) is 18.2 Å². The summed E-state index contributed by atoms with van der Waals surface area (Å²) in [6, 6.07) is 29.6. The average Bonchev–Trinajstić information content (AvgIpc) is 2.69. The Hall–Kier alpha value is -3.45. The highest BCUT2D eigenvalue weighted by Gasteiger charge is 2.11. The number of benzene rings is 2. The van der Waals surface area contributed by atoms with Crippen LogP contribution >= 0.6 is 0 Å². The fourth-order valence-electron chi connectivity index (χ4n) is 2.54. The van der Waals surface area contributed by atoms with Gasteiger partial charge in [0, 0.05) is 16.7 Å². The molecule has 0 unspecified atom stereocenters. The van der Waals surface area contributed by atoms with Gasteiger partial charge in [0.2, 0.25) is 0 Å². The van der Waals surface area contributed by atoms with Crippen molar-refractivity contribution >= 4 is 13.3 Å². The van der Waals surface area contributed by atoms with Crippen molar-refractivity contribution in [2.45, 2.75) is 0 Å². The molecule has 0 saturated carbocycles. The van der Waals surface area contributed by atoms with Gasteiger partial charge in [0.15, 0.2) is 17.5 Å². The van der Waals surface area contributed by atoms with Crippen LogP contribution in [0.4, 0.5) is 0 Å². The van der Waals surface area contributed by atoms with Crippen LogP contribution < -0.4 is 5.46 Å². The Balaban J connectivity index is 1.90. The zero-order valence-corrected chi connectivity index (χ0v) is 13.8. The van der Waals surface area contributed by atoms with Gasteiger partial charge in [-0.2, -0.15) is 0 Å². The number of hydrogen-bond donors (Lipinski definition) is 0. The van der Waals surface area contributed by atoms with Gasteiger partial charge in [0.1, 0.15) is 7.85 Å². The Morgan fingerprint density at radius 1 is 0.600 bits per heavy atom. The lowest BCUT2D eigenvalue weighted by atomic mass is 9.95. The maximum atomic E-state index is 4.69. The van der Waals surface area contributed by atoms with Crippen LogP contribution in [0.1, 0.15) is 0 Å². The number of rotatable bonds is 3. The molecule has 4 rings (SSSR count). The zero-order valence-electron chi connectivity index (χ0n) is 13.8. The molecule has 25 heavy (non-hydrogen) atoms.